The number of halogens is 1. The van der Waals surface area contributed by atoms with E-state index in [1.165, 1.54) is 0 Å². The third-order valence-corrected chi connectivity index (χ3v) is 4.85. The van der Waals surface area contributed by atoms with E-state index in [0.29, 0.717) is 12.0 Å². The van der Waals surface area contributed by atoms with E-state index in [9.17, 15) is 4.39 Å². The van der Waals surface area contributed by atoms with Gasteiger partial charge >= 0.3 is 0 Å². The lowest BCUT2D eigenvalue weighted by molar-refractivity contribution is 0.185. The highest BCUT2D eigenvalue weighted by atomic mass is 19.1. The van der Waals surface area contributed by atoms with Gasteiger partial charge < -0.3 is 5.32 Å². The van der Waals surface area contributed by atoms with Crippen LogP contribution in [0.1, 0.15) is 37.0 Å². The van der Waals surface area contributed by atoms with Crippen molar-refractivity contribution >= 4 is 11.4 Å². The van der Waals surface area contributed by atoms with Crippen molar-refractivity contribution in [3.8, 4) is 12.5 Å². The first kappa shape index (κ1) is 18.0. The number of alkyl halides is 1. The van der Waals surface area contributed by atoms with Crippen LogP contribution in [-0.2, 0) is 5.67 Å². The Balaban J connectivity index is 2.05. The van der Waals surface area contributed by atoms with Crippen molar-refractivity contribution in [2.75, 3.05) is 5.01 Å². The molecule has 26 heavy (non-hydrogen) atoms. The van der Waals surface area contributed by atoms with Crippen molar-refractivity contribution in [1.29, 1.82) is 0 Å². The third kappa shape index (κ3) is 3.44. The van der Waals surface area contributed by atoms with Gasteiger partial charge in [0.15, 0.2) is 0 Å². The van der Waals surface area contributed by atoms with Gasteiger partial charge in [0.2, 0.25) is 0 Å². The van der Waals surface area contributed by atoms with Crippen LogP contribution in [0.2, 0.25) is 0 Å². The molecule has 0 bridgehead atoms. The molecule has 3 nitrogen and oxygen atoms in total. The van der Waals surface area contributed by atoms with E-state index in [1.54, 1.807) is 6.92 Å². The topological polar surface area (TPSA) is 27.3 Å². The molecule has 0 saturated carbocycles. The monoisotopic (exact) mass is 349 g/mol. The van der Waals surface area contributed by atoms with Crippen molar-refractivity contribution in [3.63, 3.8) is 0 Å². The first-order valence-electron chi connectivity index (χ1n) is 8.81. The zero-order chi connectivity index (χ0) is 18.7. The predicted octanol–water partition coefficient (Wildman–Crippen LogP) is 4.46. The maximum atomic E-state index is 14.8. The second kappa shape index (κ2) is 7.23. The van der Waals surface area contributed by atoms with E-state index >= 15 is 0 Å². The maximum Gasteiger partial charge on any atom is 0.133 e. The van der Waals surface area contributed by atoms with Gasteiger partial charge in [-0.1, -0.05) is 49.7 Å². The number of benzene rings is 2. The quantitative estimate of drug-likeness (QED) is 0.616. The highest BCUT2D eigenvalue weighted by molar-refractivity contribution is 5.82. The van der Waals surface area contributed by atoms with Crippen molar-refractivity contribution < 1.29 is 4.39 Å². The van der Waals surface area contributed by atoms with Crippen LogP contribution in [0.3, 0.4) is 0 Å². The van der Waals surface area contributed by atoms with Crippen LogP contribution in [0.25, 0.3) is 5.70 Å². The molecule has 2 N–H and O–H groups in total. The molecule has 0 fully saturated rings. The Morgan fingerprint density at radius 3 is 2.73 bits per heavy atom. The molecule has 1 aliphatic heterocycles. The minimum Gasteiger partial charge on any atom is -0.325 e. The van der Waals surface area contributed by atoms with Gasteiger partial charge in [0.05, 0.1) is 11.4 Å². The predicted molar refractivity (Wildman–Crippen MR) is 106 cm³/mol. The summed E-state index contributed by atoms with van der Waals surface area (Å²) in [5.41, 5.74) is 6.74. The smallest absolute Gasteiger partial charge is 0.133 e. The Bertz CT molecular complexity index is 864. The number of terminal acetylenes is 1. The second-order valence-corrected chi connectivity index (χ2v) is 6.70. The zero-order valence-corrected chi connectivity index (χ0v) is 15.4. The van der Waals surface area contributed by atoms with E-state index in [4.69, 9.17) is 6.42 Å². The number of hydrogen-bond acceptors (Lipinski definition) is 3. The van der Waals surface area contributed by atoms with Gasteiger partial charge in [-0.2, -0.15) is 0 Å². The summed E-state index contributed by atoms with van der Waals surface area (Å²) < 4.78 is 14.8. The number of aryl methyl sites for hydroxylation is 1. The fourth-order valence-electron chi connectivity index (χ4n) is 3.09. The van der Waals surface area contributed by atoms with Crippen molar-refractivity contribution in [2.45, 2.75) is 39.0 Å². The molecule has 0 spiro atoms. The number of hydrogen-bond donors (Lipinski definition) is 2. The molecule has 0 amide bonds. The van der Waals surface area contributed by atoms with Crippen molar-refractivity contribution in [1.82, 2.24) is 10.7 Å². The summed E-state index contributed by atoms with van der Waals surface area (Å²) in [4.78, 5) is 0. The maximum absolute atomic E-state index is 14.8. The van der Waals surface area contributed by atoms with Gasteiger partial charge in [0, 0.05) is 6.04 Å². The largest absolute Gasteiger partial charge is 0.325 e. The van der Waals surface area contributed by atoms with Gasteiger partial charge in [0.25, 0.3) is 0 Å². The summed E-state index contributed by atoms with van der Waals surface area (Å²) in [5, 5.41) is 4.95. The molecule has 0 aromatic heterocycles. The van der Waals surface area contributed by atoms with E-state index in [1.807, 2.05) is 60.5 Å². The Kier molecular flexibility index (Phi) is 5.01. The summed E-state index contributed by atoms with van der Waals surface area (Å²) in [6, 6.07) is 18.2. The highest BCUT2D eigenvalue weighted by Gasteiger charge is 2.28. The number of para-hydroxylation sites is 1. The fraction of sp³-hybridized carbons (Fsp3) is 0.273. The Labute approximate surface area is 154 Å². The standard InChI is InChI=1S/C22H24FN3/c1-5-22(4,23)18-12-9-11-17(14-18)20-15-21(24-6-2)25-26(20)19-13-8-7-10-16(19)3/h2,7-15,21,24-25H,5H2,1,3-4H3. The molecule has 134 valence electrons. The molecule has 2 unspecified atom stereocenters. The van der Waals surface area contributed by atoms with Crippen LogP contribution in [-0.4, -0.2) is 6.17 Å². The third-order valence-electron chi connectivity index (χ3n) is 4.85. The molecular formula is C22H24FN3. The highest BCUT2D eigenvalue weighted by Crippen LogP contribution is 2.34. The molecule has 2 atom stereocenters. The van der Waals surface area contributed by atoms with Gasteiger partial charge in [-0.25, -0.2) is 9.82 Å². The minimum absolute atomic E-state index is 0.193. The van der Waals surface area contributed by atoms with Crippen LogP contribution in [0.5, 0.6) is 0 Å². The van der Waals surface area contributed by atoms with Crippen LogP contribution in [0, 0.1) is 19.4 Å². The number of rotatable bonds is 5. The molecule has 0 saturated heterocycles. The SMILES string of the molecule is C#CNC1C=C(c2cccc(C(C)(F)CC)c2)N(c2ccccc2C)N1. The Morgan fingerprint density at radius 2 is 2.04 bits per heavy atom. The lowest BCUT2D eigenvalue weighted by atomic mass is 9.93. The number of nitrogens with one attached hydrogen (secondary N) is 2. The lowest BCUT2D eigenvalue weighted by Gasteiger charge is -2.26. The normalized spacial score (nSPS) is 18.8. The van der Waals surface area contributed by atoms with E-state index in [2.05, 4.69) is 29.8 Å². The number of hydrazine groups is 1. The summed E-state index contributed by atoms with van der Waals surface area (Å²) in [6.45, 7) is 5.54. The number of nitrogens with zero attached hydrogens (tertiary/aromatic N) is 1. The van der Waals surface area contributed by atoms with Crippen LogP contribution in [0.15, 0.2) is 54.6 Å². The fourth-order valence-corrected chi connectivity index (χ4v) is 3.09. The Morgan fingerprint density at radius 1 is 1.27 bits per heavy atom. The van der Waals surface area contributed by atoms with Crippen molar-refractivity contribution in [2.24, 2.45) is 0 Å². The molecular weight excluding hydrogens is 325 g/mol. The van der Waals surface area contributed by atoms with Crippen LogP contribution < -0.4 is 15.8 Å². The van der Waals surface area contributed by atoms with E-state index in [0.717, 1.165) is 22.5 Å². The average Bonchev–Trinajstić information content (AvgIpc) is 3.06. The second-order valence-electron chi connectivity index (χ2n) is 6.70. The zero-order valence-electron chi connectivity index (χ0n) is 15.4. The van der Waals surface area contributed by atoms with Crippen LogP contribution >= 0.6 is 0 Å². The molecule has 4 heteroatoms. The lowest BCUT2D eigenvalue weighted by Crippen LogP contribution is -2.43. The Hall–Kier alpha value is -2.77. The molecule has 0 radical (unpaired) electrons. The minimum atomic E-state index is -1.35. The van der Waals surface area contributed by atoms with Gasteiger partial charge in [-0.3, -0.25) is 5.01 Å². The molecule has 3 rings (SSSR count). The van der Waals surface area contributed by atoms with E-state index < -0.39 is 5.67 Å². The van der Waals surface area contributed by atoms with Gasteiger partial charge in [-0.05, 0) is 55.2 Å². The summed E-state index contributed by atoms with van der Waals surface area (Å²) in [7, 11) is 0. The molecule has 0 aliphatic carbocycles. The molecule has 2 aromatic rings. The van der Waals surface area contributed by atoms with Gasteiger partial charge in [-0.15, -0.1) is 0 Å². The van der Waals surface area contributed by atoms with Crippen molar-refractivity contribution in [3.05, 3.63) is 71.3 Å². The summed E-state index contributed by atoms with van der Waals surface area (Å²) in [5.74, 6) is 0. The first-order valence-corrected chi connectivity index (χ1v) is 8.81. The summed E-state index contributed by atoms with van der Waals surface area (Å²) >= 11 is 0. The van der Waals surface area contributed by atoms with E-state index in [-0.39, 0.29) is 6.17 Å². The average molecular weight is 349 g/mol. The molecule has 1 heterocycles. The molecule has 1 aliphatic rings. The van der Waals surface area contributed by atoms with Crippen LogP contribution in [0.4, 0.5) is 10.1 Å². The molecule has 2 aromatic carbocycles. The number of anilines is 1. The van der Waals surface area contributed by atoms with Gasteiger partial charge in [0.1, 0.15) is 11.8 Å². The first-order chi connectivity index (χ1) is 12.5. The summed E-state index contributed by atoms with van der Waals surface area (Å²) in [6.07, 6.45) is 7.66.